The molecule has 2 heterocycles. The van der Waals surface area contributed by atoms with Gasteiger partial charge in [0, 0.05) is 49.1 Å². The third-order valence-corrected chi connectivity index (χ3v) is 9.48. The lowest BCUT2D eigenvalue weighted by Gasteiger charge is -2.20. The molecule has 0 aliphatic rings. The Morgan fingerprint density at radius 3 is 1.23 bits per heavy atom. The van der Waals surface area contributed by atoms with Crippen molar-refractivity contribution in [2.75, 3.05) is 24.6 Å². The summed E-state index contributed by atoms with van der Waals surface area (Å²) < 4.78 is 0. The van der Waals surface area contributed by atoms with E-state index in [0.717, 1.165) is 21.6 Å². The van der Waals surface area contributed by atoms with E-state index in [1.165, 1.54) is 49.1 Å². The van der Waals surface area contributed by atoms with Crippen molar-refractivity contribution >= 4 is 80.9 Å². The van der Waals surface area contributed by atoms with Crippen LogP contribution in [0.4, 0.5) is 0 Å². The van der Waals surface area contributed by atoms with E-state index in [0.29, 0.717) is 0 Å². The van der Waals surface area contributed by atoms with Gasteiger partial charge in [-0.3, -0.25) is 48.3 Å². The van der Waals surface area contributed by atoms with Crippen LogP contribution >= 0.6 is 21.6 Å². The Kier molecular flexibility index (Phi) is 19.8. The Bertz CT molecular complexity index is 1610. The summed E-state index contributed by atoms with van der Waals surface area (Å²) in [5.41, 5.74) is 0.145. The summed E-state index contributed by atoms with van der Waals surface area (Å²) in [6, 6.07) is -0.0699. The average molecular weight is 823 g/mol. The third kappa shape index (κ3) is 17.7. The van der Waals surface area contributed by atoms with E-state index in [-0.39, 0.29) is 22.6 Å². The number of carboxylic acids is 4. The molecule has 0 aliphatic heterocycles. The molecule has 56 heavy (non-hydrogen) atoms. The van der Waals surface area contributed by atoms with Crippen LogP contribution < -0.4 is 31.9 Å². The highest BCUT2D eigenvalue weighted by molar-refractivity contribution is 8.76. The second kappa shape index (κ2) is 24.2. The normalized spacial score (nSPS) is 12.6. The first-order valence-electron chi connectivity index (χ1n) is 16.3. The van der Waals surface area contributed by atoms with Crippen molar-refractivity contribution in [3.05, 3.63) is 60.2 Å². The maximum Gasteiger partial charge on any atom is 0.326 e. The standard InChI is InChI=1S/C32H38N8O14S2/c41-23(7-5-19(31(51)52)39-27(47)17-3-1-9-33-11-17)37-21(29(49)35-13-25(43)44)15-55-56-16-22(30(50)36-14-26(45)46)38-24(42)8-6-20(32(53)54)40-28(48)18-4-2-10-34-12-18/h1-4,9-12,19-22H,5-8,13-16H2,(H,35,49)(H,36,50)(H,37,41)(H,38,42)(H,39,47)(H,40,48)(H,43,44)(H,45,46)(H,51,52)(H,53,54). The van der Waals surface area contributed by atoms with E-state index < -0.39 is 122 Å². The van der Waals surface area contributed by atoms with Crippen LogP contribution in [0.2, 0.25) is 0 Å². The van der Waals surface area contributed by atoms with Gasteiger partial charge in [0.25, 0.3) is 11.8 Å². The molecule has 2 rings (SSSR count). The van der Waals surface area contributed by atoms with Crippen LogP contribution in [0.1, 0.15) is 46.4 Å². The number of nitrogens with zero attached hydrogens (tertiary/aromatic N) is 2. The zero-order chi connectivity index (χ0) is 41.6. The maximum atomic E-state index is 12.8. The number of carbonyl (C=O) groups excluding carboxylic acids is 6. The number of hydrogen-bond donors (Lipinski definition) is 10. The molecular formula is C32H38N8O14S2. The van der Waals surface area contributed by atoms with Gasteiger partial charge in [0.1, 0.15) is 37.3 Å². The molecule has 0 saturated carbocycles. The number of aromatic nitrogens is 2. The van der Waals surface area contributed by atoms with Gasteiger partial charge in [-0.2, -0.15) is 0 Å². The van der Waals surface area contributed by atoms with E-state index in [2.05, 4.69) is 41.9 Å². The van der Waals surface area contributed by atoms with Gasteiger partial charge in [-0.25, -0.2) is 9.59 Å². The van der Waals surface area contributed by atoms with Crippen molar-refractivity contribution in [1.29, 1.82) is 0 Å². The molecule has 4 atom stereocenters. The summed E-state index contributed by atoms with van der Waals surface area (Å²) in [6.07, 6.45) is 3.47. The highest BCUT2D eigenvalue weighted by Gasteiger charge is 2.28. The van der Waals surface area contributed by atoms with Crippen LogP contribution in [0.5, 0.6) is 0 Å². The molecule has 302 valence electrons. The number of rotatable bonds is 25. The van der Waals surface area contributed by atoms with E-state index in [4.69, 9.17) is 10.2 Å². The SMILES string of the molecule is O=C(O)CNC(=O)C(CSSCC(NC(=O)CCC(NC(=O)c1cccnc1)C(=O)O)C(=O)NCC(=O)O)NC(=O)CCC(NC(=O)c1cccnc1)C(=O)O. The van der Waals surface area contributed by atoms with Crippen molar-refractivity contribution in [3.8, 4) is 0 Å². The van der Waals surface area contributed by atoms with Gasteiger partial charge in [-0.15, -0.1) is 0 Å². The predicted molar refractivity (Wildman–Crippen MR) is 195 cm³/mol. The smallest absolute Gasteiger partial charge is 0.326 e. The predicted octanol–water partition coefficient (Wildman–Crippen LogP) is -2.14. The molecule has 0 aromatic carbocycles. The van der Waals surface area contributed by atoms with Gasteiger partial charge >= 0.3 is 23.9 Å². The van der Waals surface area contributed by atoms with Crippen LogP contribution in [0.25, 0.3) is 0 Å². The minimum absolute atomic E-state index is 0.0727. The number of carbonyl (C=O) groups is 10. The van der Waals surface area contributed by atoms with Crippen LogP contribution in [0.15, 0.2) is 49.1 Å². The van der Waals surface area contributed by atoms with Gasteiger partial charge in [-0.05, 0) is 37.1 Å². The van der Waals surface area contributed by atoms with E-state index >= 15 is 0 Å². The summed E-state index contributed by atoms with van der Waals surface area (Å²) in [4.78, 5) is 129. The summed E-state index contributed by atoms with van der Waals surface area (Å²) >= 11 is 0. The Balaban J connectivity index is 2.03. The molecule has 2 aromatic rings. The lowest BCUT2D eigenvalue weighted by atomic mass is 10.1. The van der Waals surface area contributed by atoms with E-state index in [9.17, 15) is 58.2 Å². The first-order valence-corrected chi connectivity index (χ1v) is 18.8. The molecule has 2 aromatic heterocycles. The Hall–Kier alpha value is -6.30. The van der Waals surface area contributed by atoms with Crippen LogP contribution in [-0.4, -0.2) is 138 Å². The zero-order valence-corrected chi connectivity index (χ0v) is 30.8. The maximum absolute atomic E-state index is 12.8. The average Bonchev–Trinajstić information content (AvgIpc) is 3.16. The van der Waals surface area contributed by atoms with Gasteiger partial charge < -0.3 is 52.3 Å². The molecule has 0 aliphatic carbocycles. The molecule has 0 bridgehead atoms. The Morgan fingerprint density at radius 2 is 0.929 bits per heavy atom. The Labute approximate surface area is 325 Å². The number of nitrogens with one attached hydrogen (secondary N) is 6. The fourth-order valence-corrected chi connectivity index (χ4v) is 6.57. The van der Waals surface area contributed by atoms with Crippen molar-refractivity contribution in [3.63, 3.8) is 0 Å². The molecule has 0 fully saturated rings. The molecule has 0 saturated heterocycles. The molecule has 24 heteroatoms. The highest BCUT2D eigenvalue weighted by atomic mass is 33.1. The summed E-state index contributed by atoms with van der Waals surface area (Å²) in [5.74, 6) is -11.2. The first-order chi connectivity index (χ1) is 26.6. The van der Waals surface area contributed by atoms with Gasteiger partial charge in [-0.1, -0.05) is 21.6 Å². The van der Waals surface area contributed by atoms with Crippen molar-refractivity contribution < 1.29 is 68.4 Å². The highest BCUT2D eigenvalue weighted by Crippen LogP contribution is 2.23. The van der Waals surface area contributed by atoms with Crippen molar-refractivity contribution in [1.82, 2.24) is 41.9 Å². The zero-order valence-electron chi connectivity index (χ0n) is 29.2. The molecule has 0 radical (unpaired) electrons. The van der Waals surface area contributed by atoms with Crippen LogP contribution in [-0.2, 0) is 38.4 Å². The van der Waals surface area contributed by atoms with Gasteiger partial charge in [0.2, 0.25) is 23.6 Å². The second-order valence-electron chi connectivity index (χ2n) is 11.3. The summed E-state index contributed by atoms with van der Waals surface area (Å²) in [7, 11) is 1.77. The molecule has 4 unspecified atom stereocenters. The lowest BCUT2D eigenvalue weighted by molar-refractivity contribution is -0.140. The van der Waals surface area contributed by atoms with Crippen LogP contribution in [0.3, 0.4) is 0 Å². The van der Waals surface area contributed by atoms with E-state index in [1.54, 1.807) is 0 Å². The fourth-order valence-electron chi connectivity index (χ4n) is 4.25. The minimum atomic E-state index is -1.50. The third-order valence-electron chi connectivity index (χ3n) is 7.06. The number of carboxylic acid groups (broad SMARTS) is 4. The van der Waals surface area contributed by atoms with Gasteiger partial charge in [0.05, 0.1) is 11.1 Å². The quantitative estimate of drug-likeness (QED) is 0.0377. The fraction of sp³-hybridized carbons (Fsp3) is 0.375. The topological polar surface area (TPSA) is 350 Å². The van der Waals surface area contributed by atoms with Crippen LogP contribution in [0, 0.1) is 0 Å². The largest absolute Gasteiger partial charge is 0.480 e. The van der Waals surface area contributed by atoms with Crippen molar-refractivity contribution in [2.24, 2.45) is 0 Å². The van der Waals surface area contributed by atoms with Gasteiger partial charge in [0.15, 0.2) is 0 Å². The number of amides is 6. The number of aliphatic carboxylic acids is 4. The Morgan fingerprint density at radius 1 is 0.554 bits per heavy atom. The van der Waals surface area contributed by atoms with E-state index in [1.807, 2.05) is 0 Å². The molecule has 10 N–H and O–H groups in total. The summed E-state index contributed by atoms with van der Waals surface area (Å²) in [6.45, 7) is -1.61. The second-order valence-corrected chi connectivity index (χ2v) is 13.9. The number of pyridine rings is 2. The first kappa shape index (κ1) is 45.9. The lowest BCUT2D eigenvalue weighted by Crippen LogP contribution is -2.50. The monoisotopic (exact) mass is 822 g/mol. The molecule has 6 amide bonds. The molecular weight excluding hydrogens is 785 g/mol. The number of hydrogen-bond acceptors (Lipinski definition) is 14. The molecule has 22 nitrogen and oxygen atoms in total. The molecule has 0 spiro atoms. The van der Waals surface area contributed by atoms with Crippen molar-refractivity contribution in [2.45, 2.75) is 49.9 Å². The summed E-state index contributed by atoms with van der Waals surface area (Å²) in [5, 5.41) is 50.5. The minimum Gasteiger partial charge on any atom is -0.480 e.